The minimum absolute atomic E-state index is 0.0892. The summed E-state index contributed by atoms with van der Waals surface area (Å²) in [7, 11) is 0. The fourth-order valence-corrected chi connectivity index (χ4v) is 2.67. The summed E-state index contributed by atoms with van der Waals surface area (Å²) in [4.78, 5) is 35.8. The summed E-state index contributed by atoms with van der Waals surface area (Å²) in [6.45, 7) is 1.44. The number of fused-ring (bicyclic) bond motifs is 1. The predicted octanol–water partition coefficient (Wildman–Crippen LogP) is 2.78. The number of ketones is 2. The van der Waals surface area contributed by atoms with Crippen LogP contribution in [-0.2, 0) is 16.1 Å². The van der Waals surface area contributed by atoms with Crippen LogP contribution in [0.1, 0.15) is 46.0 Å². The van der Waals surface area contributed by atoms with Crippen molar-refractivity contribution in [3.63, 3.8) is 0 Å². The molecule has 21 heavy (non-hydrogen) atoms. The Morgan fingerprint density at radius 3 is 2.76 bits per heavy atom. The Bertz CT molecular complexity index is 722. The molecule has 1 aromatic rings. The van der Waals surface area contributed by atoms with Gasteiger partial charge in [-0.05, 0) is 30.5 Å². The van der Waals surface area contributed by atoms with Gasteiger partial charge in [0, 0.05) is 29.2 Å². The molecule has 0 atom stereocenters. The lowest BCUT2D eigenvalue weighted by Gasteiger charge is -2.22. The van der Waals surface area contributed by atoms with Gasteiger partial charge in [-0.15, -0.1) is 0 Å². The molecule has 0 aliphatic heterocycles. The van der Waals surface area contributed by atoms with E-state index in [-0.39, 0.29) is 24.1 Å². The molecule has 0 saturated carbocycles. The summed E-state index contributed by atoms with van der Waals surface area (Å²) in [6, 6.07) is 5.01. The molecule has 4 heteroatoms. The molecule has 0 aromatic heterocycles. The van der Waals surface area contributed by atoms with E-state index in [9.17, 15) is 14.4 Å². The lowest BCUT2D eigenvalue weighted by atomic mass is 9.79. The van der Waals surface area contributed by atoms with Gasteiger partial charge < -0.3 is 4.74 Å². The van der Waals surface area contributed by atoms with Crippen LogP contribution < -0.4 is 0 Å². The Morgan fingerprint density at radius 1 is 1.19 bits per heavy atom. The zero-order valence-corrected chi connectivity index (χ0v) is 11.6. The number of ether oxygens (including phenoxy) is 1. The molecule has 4 nitrogen and oxygen atoms in total. The maximum Gasteiger partial charge on any atom is 0.302 e. The number of Topliss-reactive ketones (excluding diaryl/α,β-unsaturated/α-hetero) is 2. The van der Waals surface area contributed by atoms with Crippen molar-refractivity contribution in [3.8, 4) is 0 Å². The molecule has 0 saturated heterocycles. The van der Waals surface area contributed by atoms with Gasteiger partial charge in [0.2, 0.25) is 0 Å². The zero-order valence-electron chi connectivity index (χ0n) is 11.6. The number of esters is 1. The third-order valence-corrected chi connectivity index (χ3v) is 3.70. The summed E-state index contributed by atoms with van der Waals surface area (Å²) in [5.74, 6) is -0.569. The molecule has 1 aromatic carbocycles. The smallest absolute Gasteiger partial charge is 0.302 e. The molecular formula is C17H14O4. The van der Waals surface area contributed by atoms with E-state index < -0.39 is 0 Å². The number of rotatable bonds is 2. The number of carbonyl (C=O) groups is 3. The molecule has 106 valence electrons. The Hall–Kier alpha value is -2.49. The van der Waals surface area contributed by atoms with Crippen LogP contribution in [0, 0.1) is 0 Å². The summed E-state index contributed by atoms with van der Waals surface area (Å²) in [5.41, 5.74) is 2.67. The zero-order chi connectivity index (χ0) is 15.0. The Labute approximate surface area is 122 Å². The standard InChI is InChI=1S/C17H14O4/c1-10(18)21-9-11-6-7-14-15(8-11)17(20)13-5-3-2-4-12(13)16(14)19/h2,4,6-8H,3,5,9H2,1H3. The fraction of sp³-hybridized carbons (Fsp3) is 0.235. The van der Waals surface area contributed by atoms with Gasteiger partial charge in [-0.2, -0.15) is 0 Å². The van der Waals surface area contributed by atoms with Crippen molar-refractivity contribution in [2.24, 2.45) is 0 Å². The summed E-state index contributed by atoms with van der Waals surface area (Å²) < 4.78 is 4.93. The van der Waals surface area contributed by atoms with E-state index >= 15 is 0 Å². The molecule has 3 rings (SSSR count). The van der Waals surface area contributed by atoms with E-state index in [0.717, 1.165) is 6.42 Å². The first-order chi connectivity index (χ1) is 10.1. The first-order valence-corrected chi connectivity index (χ1v) is 6.83. The van der Waals surface area contributed by atoms with Crippen molar-refractivity contribution in [3.05, 3.63) is 58.2 Å². The Kier molecular flexibility index (Phi) is 3.29. The van der Waals surface area contributed by atoms with Crippen molar-refractivity contribution in [1.29, 1.82) is 0 Å². The minimum atomic E-state index is -0.377. The van der Waals surface area contributed by atoms with Gasteiger partial charge in [-0.1, -0.05) is 18.2 Å². The van der Waals surface area contributed by atoms with Gasteiger partial charge in [0.1, 0.15) is 6.61 Å². The highest BCUT2D eigenvalue weighted by atomic mass is 16.5. The first kappa shape index (κ1) is 13.5. The van der Waals surface area contributed by atoms with Crippen LogP contribution in [0.25, 0.3) is 0 Å². The summed E-state index contributed by atoms with van der Waals surface area (Å²) in [6.07, 6.45) is 5.04. The van der Waals surface area contributed by atoms with Crippen LogP contribution in [0.4, 0.5) is 0 Å². The lowest BCUT2D eigenvalue weighted by Crippen LogP contribution is -2.23. The summed E-state index contributed by atoms with van der Waals surface area (Å²) in [5, 5.41) is 0. The van der Waals surface area contributed by atoms with E-state index in [0.29, 0.717) is 34.3 Å². The topological polar surface area (TPSA) is 60.4 Å². The molecule has 0 heterocycles. The molecular weight excluding hydrogens is 268 g/mol. The average molecular weight is 282 g/mol. The van der Waals surface area contributed by atoms with Crippen molar-refractivity contribution in [1.82, 2.24) is 0 Å². The number of benzene rings is 1. The fourth-order valence-electron chi connectivity index (χ4n) is 2.67. The van der Waals surface area contributed by atoms with Crippen LogP contribution in [0.15, 0.2) is 41.5 Å². The van der Waals surface area contributed by atoms with Crippen LogP contribution >= 0.6 is 0 Å². The first-order valence-electron chi connectivity index (χ1n) is 6.83. The van der Waals surface area contributed by atoms with E-state index in [1.807, 2.05) is 6.08 Å². The van der Waals surface area contributed by atoms with E-state index in [1.165, 1.54) is 6.92 Å². The predicted molar refractivity (Wildman–Crippen MR) is 76.0 cm³/mol. The van der Waals surface area contributed by atoms with Crippen LogP contribution in [0.3, 0.4) is 0 Å². The van der Waals surface area contributed by atoms with Gasteiger partial charge >= 0.3 is 5.97 Å². The molecule has 0 N–H and O–H groups in total. The SMILES string of the molecule is CC(=O)OCc1ccc2c(c1)C(=O)C1=C(C=CCC1)C2=O. The second-order valence-corrected chi connectivity index (χ2v) is 5.15. The van der Waals surface area contributed by atoms with E-state index in [4.69, 9.17) is 4.74 Å². The van der Waals surface area contributed by atoms with Crippen molar-refractivity contribution in [2.75, 3.05) is 0 Å². The molecule has 0 fully saturated rings. The van der Waals surface area contributed by atoms with Gasteiger partial charge in [-0.25, -0.2) is 0 Å². The minimum Gasteiger partial charge on any atom is -0.461 e. The van der Waals surface area contributed by atoms with Gasteiger partial charge in [0.25, 0.3) is 0 Å². The normalized spacial score (nSPS) is 16.6. The van der Waals surface area contributed by atoms with Gasteiger partial charge in [0.05, 0.1) is 0 Å². The summed E-state index contributed by atoms with van der Waals surface area (Å²) >= 11 is 0. The second-order valence-electron chi connectivity index (χ2n) is 5.15. The average Bonchev–Trinajstić information content (AvgIpc) is 2.50. The second kappa shape index (κ2) is 5.13. The van der Waals surface area contributed by atoms with Gasteiger partial charge in [0.15, 0.2) is 11.6 Å². The number of carbonyl (C=O) groups excluding carboxylic acids is 3. The van der Waals surface area contributed by atoms with Crippen LogP contribution in [-0.4, -0.2) is 17.5 Å². The third-order valence-electron chi connectivity index (χ3n) is 3.70. The monoisotopic (exact) mass is 282 g/mol. The van der Waals surface area contributed by atoms with Gasteiger partial charge in [-0.3, -0.25) is 14.4 Å². The maximum absolute atomic E-state index is 12.5. The molecule has 0 amide bonds. The highest BCUT2D eigenvalue weighted by Crippen LogP contribution is 2.32. The van der Waals surface area contributed by atoms with Crippen molar-refractivity contribution in [2.45, 2.75) is 26.4 Å². The number of allylic oxidation sites excluding steroid dienone is 4. The number of hydrogen-bond donors (Lipinski definition) is 0. The van der Waals surface area contributed by atoms with E-state index in [2.05, 4.69) is 0 Å². The Balaban J connectivity index is 2.00. The Morgan fingerprint density at radius 2 is 2.00 bits per heavy atom. The van der Waals surface area contributed by atoms with Crippen molar-refractivity contribution >= 4 is 17.5 Å². The lowest BCUT2D eigenvalue weighted by molar-refractivity contribution is -0.142. The third kappa shape index (κ3) is 2.33. The van der Waals surface area contributed by atoms with Crippen LogP contribution in [0.5, 0.6) is 0 Å². The molecule has 0 spiro atoms. The highest BCUT2D eigenvalue weighted by Gasteiger charge is 2.31. The number of hydrogen-bond acceptors (Lipinski definition) is 4. The molecule has 0 bridgehead atoms. The van der Waals surface area contributed by atoms with E-state index in [1.54, 1.807) is 24.3 Å². The molecule has 0 unspecified atom stereocenters. The largest absolute Gasteiger partial charge is 0.461 e. The quantitative estimate of drug-likeness (QED) is 0.782. The van der Waals surface area contributed by atoms with Crippen molar-refractivity contribution < 1.29 is 19.1 Å². The highest BCUT2D eigenvalue weighted by molar-refractivity contribution is 6.28. The van der Waals surface area contributed by atoms with Crippen LogP contribution in [0.2, 0.25) is 0 Å². The maximum atomic E-state index is 12.5. The molecule has 0 radical (unpaired) electrons. The molecule has 2 aliphatic carbocycles. The molecule has 2 aliphatic rings.